The monoisotopic (exact) mass is 227 g/mol. The third-order valence-corrected chi connectivity index (χ3v) is 3.59. The van der Waals surface area contributed by atoms with Crippen molar-refractivity contribution in [3.05, 3.63) is 0 Å². The fourth-order valence-electron chi connectivity index (χ4n) is 2.87. The van der Waals surface area contributed by atoms with Crippen LogP contribution in [0.15, 0.2) is 0 Å². The van der Waals surface area contributed by atoms with E-state index in [1.165, 1.54) is 19.3 Å². The largest absolute Gasteiger partial charge is 0.378 e. The van der Waals surface area contributed by atoms with Crippen molar-refractivity contribution in [2.24, 2.45) is 11.8 Å². The Labute approximate surface area is 101 Å². The van der Waals surface area contributed by atoms with Gasteiger partial charge in [-0.15, -0.1) is 0 Å². The average molecular weight is 227 g/mol. The van der Waals surface area contributed by atoms with Gasteiger partial charge >= 0.3 is 0 Å². The Balaban J connectivity index is 2.12. The summed E-state index contributed by atoms with van der Waals surface area (Å²) in [6.07, 6.45) is 5.56. The molecule has 0 aromatic heterocycles. The first kappa shape index (κ1) is 14.0. The van der Waals surface area contributed by atoms with Gasteiger partial charge in [-0.2, -0.15) is 0 Å². The van der Waals surface area contributed by atoms with E-state index in [0.717, 1.165) is 31.4 Å². The second kappa shape index (κ2) is 7.29. The quantitative estimate of drug-likeness (QED) is 0.752. The van der Waals surface area contributed by atoms with Crippen LogP contribution in [-0.2, 0) is 4.74 Å². The number of rotatable bonds is 6. The number of hydrogen-bond donors (Lipinski definition) is 1. The summed E-state index contributed by atoms with van der Waals surface area (Å²) in [7, 11) is 0. The van der Waals surface area contributed by atoms with Gasteiger partial charge in [0.2, 0.25) is 0 Å². The van der Waals surface area contributed by atoms with E-state index >= 15 is 0 Å². The van der Waals surface area contributed by atoms with Crippen LogP contribution in [0.5, 0.6) is 0 Å². The first-order valence-corrected chi connectivity index (χ1v) is 6.96. The van der Waals surface area contributed by atoms with Crippen molar-refractivity contribution < 1.29 is 4.74 Å². The van der Waals surface area contributed by atoms with E-state index < -0.39 is 0 Å². The van der Waals surface area contributed by atoms with Gasteiger partial charge < -0.3 is 10.1 Å². The Hall–Kier alpha value is -0.0800. The van der Waals surface area contributed by atoms with Crippen LogP contribution in [0.3, 0.4) is 0 Å². The Morgan fingerprint density at radius 2 is 1.81 bits per heavy atom. The Bertz CT molecular complexity index is 174. The van der Waals surface area contributed by atoms with E-state index in [0.29, 0.717) is 12.1 Å². The molecule has 0 amide bonds. The molecule has 0 saturated heterocycles. The SMILES string of the molecule is CCNC(C)CCOC1CC(C)CC(C)C1. The topological polar surface area (TPSA) is 21.3 Å². The van der Waals surface area contributed by atoms with E-state index in [1.807, 2.05) is 0 Å². The van der Waals surface area contributed by atoms with Gasteiger partial charge in [-0.05, 0) is 51.0 Å². The normalized spacial score (nSPS) is 32.6. The predicted octanol–water partition coefficient (Wildman–Crippen LogP) is 3.22. The molecule has 1 N–H and O–H groups in total. The summed E-state index contributed by atoms with van der Waals surface area (Å²) in [5.41, 5.74) is 0. The summed E-state index contributed by atoms with van der Waals surface area (Å²) in [5.74, 6) is 1.69. The van der Waals surface area contributed by atoms with Crippen molar-refractivity contribution in [1.29, 1.82) is 0 Å². The molecule has 96 valence electrons. The molecule has 1 rings (SSSR count). The van der Waals surface area contributed by atoms with Crippen LogP contribution in [0.2, 0.25) is 0 Å². The summed E-state index contributed by atoms with van der Waals surface area (Å²) in [6, 6.07) is 0.587. The summed E-state index contributed by atoms with van der Waals surface area (Å²) in [6.45, 7) is 11.1. The molecule has 0 aliphatic heterocycles. The molecule has 1 fully saturated rings. The summed E-state index contributed by atoms with van der Waals surface area (Å²) >= 11 is 0. The average Bonchev–Trinajstić information content (AvgIpc) is 2.16. The second-order valence-electron chi connectivity index (χ2n) is 5.66. The molecule has 0 spiro atoms. The molecular formula is C14H29NO. The molecular weight excluding hydrogens is 198 g/mol. The second-order valence-corrected chi connectivity index (χ2v) is 5.66. The van der Waals surface area contributed by atoms with Gasteiger partial charge in [-0.1, -0.05) is 20.8 Å². The Morgan fingerprint density at radius 1 is 1.19 bits per heavy atom. The highest BCUT2D eigenvalue weighted by Gasteiger charge is 2.24. The van der Waals surface area contributed by atoms with Crippen molar-refractivity contribution in [1.82, 2.24) is 5.32 Å². The number of ether oxygens (including phenoxy) is 1. The van der Waals surface area contributed by atoms with Crippen molar-refractivity contribution in [2.45, 2.75) is 65.5 Å². The zero-order valence-corrected chi connectivity index (χ0v) is 11.5. The number of hydrogen-bond acceptors (Lipinski definition) is 2. The fourth-order valence-corrected chi connectivity index (χ4v) is 2.87. The summed E-state index contributed by atoms with van der Waals surface area (Å²) in [5, 5.41) is 3.42. The van der Waals surface area contributed by atoms with Crippen molar-refractivity contribution in [3.8, 4) is 0 Å². The maximum Gasteiger partial charge on any atom is 0.0580 e. The molecule has 2 nitrogen and oxygen atoms in total. The van der Waals surface area contributed by atoms with Gasteiger partial charge in [0, 0.05) is 12.6 Å². The highest BCUT2D eigenvalue weighted by atomic mass is 16.5. The van der Waals surface area contributed by atoms with Gasteiger partial charge in [0.25, 0.3) is 0 Å². The van der Waals surface area contributed by atoms with Crippen LogP contribution < -0.4 is 5.32 Å². The summed E-state index contributed by atoms with van der Waals surface area (Å²) in [4.78, 5) is 0. The molecule has 0 heterocycles. The Kier molecular flexibility index (Phi) is 6.37. The van der Waals surface area contributed by atoms with Gasteiger partial charge in [0.15, 0.2) is 0 Å². The zero-order chi connectivity index (χ0) is 12.0. The van der Waals surface area contributed by atoms with E-state index in [4.69, 9.17) is 4.74 Å². The molecule has 0 aromatic carbocycles. The molecule has 1 aliphatic rings. The van der Waals surface area contributed by atoms with Crippen LogP contribution in [-0.4, -0.2) is 25.3 Å². The van der Waals surface area contributed by atoms with E-state index in [2.05, 4.69) is 33.0 Å². The highest BCUT2D eigenvalue weighted by molar-refractivity contribution is 4.75. The lowest BCUT2D eigenvalue weighted by Crippen LogP contribution is -2.30. The summed E-state index contributed by atoms with van der Waals surface area (Å²) < 4.78 is 6.00. The van der Waals surface area contributed by atoms with Crippen molar-refractivity contribution in [2.75, 3.05) is 13.2 Å². The van der Waals surface area contributed by atoms with Gasteiger partial charge in [-0.25, -0.2) is 0 Å². The molecule has 0 bridgehead atoms. The molecule has 1 saturated carbocycles. The molecule has 0 aromatic rings. The van der Waals surface area contributed by atoms with Crippen molar-refractivity contribution >= 4 is 0 Å². The Morgan fingerprint density at radius 3 is 2.38 bits per heavy atom. The lowest BCUT2D eigenvalue weighted by atomic mass is 9.82. The molecule has 0 radical (unpaired) electrons. The van der Waals surface area contributed by atoms with Crippen molar-refractivity contribution in [3.63, 3.8) is 0 Å². The smallest absolute Gasteiger partial charge is 0.0580 e. The molecule has 3 unspecified atom stereocenters. The van der Waals surface area contributed by atoms with Crippen LogP contribution in [0.1, 0.15) is 53.4 Å². The molecule has 1 aliphatic carbocycles. The molecule has 16 heavy (non-hydrogen) atoms. The highest BCUT2D eigenvalue weighted by Crippen LogP contribution is 2.30. The lowest BCUT2D eigenvalue weighted by Gasteiger charge is -2.31. The lowest BCUT2D eigenvalue weighted by molar-refractivity contribution is -0.00215. The van der Waals surface area contributed by atoms with Crippen LogP contribution >= 0.6 is 0 Å². The molecule has 3 atom stereocenters. The predicted molar refractivity (Wildman–Crippen MR) is 69.7 cm³/mol. The van der Waals surface area contributed by atoms with E-state index in [9.17, 15) is 0 Å². The molecule has 2 heteroatoms. The van der Waals surface area contributed by atoms with E-state index in [1.54, 1.807) is 0 Å². The van der Waals surface area contributed by atoms with E-state index in [-0.39, 0.29) is 0 Å². The van der Waals surface area contributed by atoms with Gasteiger partial charge in [0.05, 0.1) is 6.10 Å². The standard InChI is InChI=1S/C14H29NO/c1-5-15-13(4)6-7-16-14-9-11(2)8-12(3)10-14/h11-15H,5-10H2,1-4H3. The minimum Gasteiger partial charge on any atom is -0.378 e. The first-order chi connectivity index (χ1) is 7.61. The van der Waals surface area contributed by atoms with Crippen LogP contribution in [0.4, 0.5) is 0 Å². The van der Waals surface area contributed by atoms with Crippen LogP contribution in [0, 0.1) is 11.8 Å². The minimum absolute atomic E-state index is 0.521. The zero-order valence-electron chi connectivity index (χ0n) is 11.5. The third kappa shape index (κ3) is 5.31. The first-order valence-electron chi connectivity index (χ1n) is 6.96. The van der Waals surface area contributed by atoms with Gasteiger partial charge in [0.1, 0.15) is 0 Å². The maximum absolute atomic E-state index is 6.00. The number of nitrogens with one attached hydrogen (secondary N) is 1. The maximum atomic E-state index is 6.00. The minimum atomic E-state index is 0.521. The third-order valence-electron chi connectivity index (χ3n) is 3.59. The van der Waals surface area contributed by atoms with Crippen LogP contribution in [0.25, 0.3) is 0 Å². The van der Waals surface area contributed by atoms with Gasteiger partial charge in [-0.3, -0.25) is 0 Å². The fraction of sp³-hybridized carbons (Fsp3) is 1.00.